The van der Waals surface area contributed by atoms with Crippen molar-refractivity contribution in [2.24, 2.45) is 28.7 Å². The highest BCUT2D eigenvalue weighted by molar-refractivity contribution is 5.89. The van der Waals surface area contributed by atoms with Crippen LogP contribution in [0.25, 0.3) is 0 Å². The first-order valence-corrected chi connectivity index (χ1v) is 25.9. The molecule has 0 aliphatic rings. The number of carbonyl (C=O) groups is 8. The summed E-state index contributed by atoms with van der Waals surface area (Å²) in [7, 11) is 0. The smallest absolute Gasteiger partial charge is 0.242 e. The van der Waals surface area contributed by atoms with E-state index in [9.17, 15) is 38.4 Å². The Hall–Kier alpha value is -4.40. The number of nitrogens with one attached hydrogen (secondary N) is 7. The molecule has 0 bridgehead atoms. The summed E-state index contributed by atoms with van der Waals surface area (Å²) < 4.78 is 0. The minimum absolute atomic E-state index is 0.0280. The molecule has 0 aromatic carbocycles. The lowest BCUT2D eigenvalue weighted by atomic mass is 10.1. The van der Waals surface area contributed by atoms with E-state index < -0.39 is 41.9 Å². The number of hydrogen-bond donors (Lipinski definition) is 12. The second-order valence-electron chi connectivity index (χ2n) is 17.8. The van der Waals surface area contributed by atoms with Gasteiger partial charge in [-0.2, -0.15) is 0 Å². The van der Waals surface area contributed by atoms with Gasteiger partial charge in [0.15, 0.2) is 0 Å². The van der Waals surface area contributed by atoms with Gasteiger partial charge in [0.2, 0.25) is 47.3 Å². The number of hydrogen-bond acceptors (Lipinski definition) is 12. The number of amides is 8. The molecule has 0 heterocycles. The fourth-order valence-electron chi connectivity index (χ4n) is 7.48. The number of primary amides is 1. The molecule has 0 saturated carbocycles. The highest BCUT2D eigenvalue weighted by Crippen LogP contribution is 2.11. The van der Waals surface area contributed by atoms with Crippen LogP contribution in [0.1, 0.15) is 187 Å². The second kappa shape index (κ2) is 43.9. The van der Waals surface area contributed by atoms with Gasteiger partial charge in [0.1, 0.15) is 24.2 Å². The zero-order valence-corrected chi connectivity index (χ0v) is 41.7. The summed E-state index contributed by atoms with van der Waals surface area (Å²) in [4.78, 5) is 102. The van der Waals surface area contributed by atoms with Gasteiger partial charge in [-0.1, -0.05) is 58.3 Å². The number of rotatable bonds is 46. The maximum absolute atomic E-state index is 13.2. The molecule has 0 fully saturated rings. The molecular weight excluding hydrogens is 873 g/mol. The first-order valence-electron chi connectivity index (χ1n) is 25.9. The molecule has 8 amide bonds. The van der Waals surface area contributed by atoms with Crippen molar-refractivity contribution in [3.8, 4) is 0 Å². The molecule has 394 valence electrons. The van der Waals surface area contributed by atoms with Crippen LogP contribution in [-0.4, -0.2) is 117 Å². The molecule has 0 aliphatic carbocycles. The average molecular weight is 967 g/mol. The Labute approximate surface area is 407 Å². The molecule has 0 rings (SSSR count). The molecule has 0 unspecified atom stereocenters. The number of unbranched alkanes of at least 4 members (excludes halogenated alkanes) is 12. The summed E-state index contributed by atoms with van der Waals surface area (Å²) in [6.07, 6.45) is 18.7. The predicted molar refractivity (Wildman–Crippen MR) is 267 cm³/mol. The van der Waals surface area contributed by atoms with Crippen LogP contribution in [0.3, 0.4) is 0 Å². The molecule has 20 heteroatoms. The fourth-order valence-corrected chi connectivity index (χ4v) is 7.48. The lowest BCUT2D eigenvalue weighted by Gasteiger charge is -2.20. The van der Waals surface area contributed by atoms with Gasteiger partial charge in [-0.15, -0.1) is 0 Å². The highest BCUT2D eigenvalue weighted by Gasteiger charge is 2.24. The molecule has 0 aliphatic heterocycles. The van der Waals surface area contributed by atoms with Crippen LogP contribution in [0.5, 0.6) is 0 Å². The molecule has 0 aromatic heterocycles. The van der Waals surface area contributed by atoms with E-state index >= 15 is 0 Å². The summed E-state index contributed by atoms with van der Waals surface area (Å²) in [6.45, 7) is 4.57. The summed E-state index contributed by atoms with van der Waals surface area (Å²) in [5.41, 5.74) is 27.9. The summed E-state index contributed by atoms with van der Waals surface area (Å²) in [6, 6.07) is -3.11. The quantitative estimate of drug-likeness (QED) is 0.0387. The van der Waals surface area contributed by atoms with Crippen molar-refractivity contribution in [1.29, 1.82) is 0 Å². The molecule has 20 nitrogen and oxygen atoms in total. The van der Waals surface area contributed by atoms with Crippen molar-refractivity contribution in [2.45, 2.75) is 211 Å². The molecule has 0 spiro atoms. The van der Waals surface area contributed by atoms with E-state index in [1.54, 1.807) is 0 Å². The van der Waals surface area contributed by atoms with Gasteiger partial charge in [0.25, 0.3) is 0 Å². The largest absolute Gasteiger partial charge is 0.368 e. The van der Waals surface area contributed by atoms with Crippen LogP contribution >= 0.6 is 0 Å². The van der Waals surface area contributed by atoms with Crippen molar-refractivity contribution >= 4 is 47.3 Å². The lowest BCUT2D eigenvalue weighted by Crippen LogP contribution is -2.48. The third-order valence-electron chi connectivity index (χ3n) is 11.6. The van der Waals surface area contributed by atoms with Crippen molar-refractivity contribution in [1.82, 2.24) is 37.2 Å². The monoisotopic (exact) mass is 967 g/mol. The average Bonchev–Trinajstić information content (AvgIpc) is 3.31. The standard InChI is InChI=1S/C48H94N12O8/c1-2-3-4-5-6-7-8-9-10-26-41(61)58-38(23-12-16-31-50)46(66)55-35-20-28-43(63)60-40(25-14-18-33-52)48(68)56-36-21-29-44(64)59-39(24-13-17-32-51)47(67)54-34-19-27-42(62)57-37(45(53)65)22-11-15-30-49/h37-40H,2-36,49-52H2,1H3,(H2,53,65)(H,54,67)(H,55,66)(H,56,68)(H,57,62)(H,58,61)(H,59,64)(H,60,63)/t37-,38-,39-,40-/m0/s1. The van der Waals surface area contributed by atoms with Crippen LogP contribution in [0.15, 0.2) is 0 Å². The van der Waals surface area contributed by atoms with Crippen LogP contribution in [0.2, 0.25) is 0 Å². The molecule has 0 saturated heterocycles. The highest BCUT2D eigenvalue weighted by atomic mass is 16.2. The Bertz CT molecular complexity index is 1410. The Morgan fingerprint density at radius 3 is 0.897 bits per heavy atom. The molecule has 0 radical (unpaired) electrons. The van der Waals surface area contributed by atoms with Crippen molar-refractivity contribution in [3.63, 3.8) is 0 Å². The van der Waals surface area contributed by atoms with Crippen molar-refractivity contribution in [2.75, 3.05) is 45.8 Å². The van der Waals surface area contributed by atoms with E-state index in [2.05, 4.69) is 44.1 Å². The Balaban J connectivity index is 4.92. The minimum Gasteiger partial charge on any atom is -0.368 e. The number of carbonyl (C=O) groups excluding carboxylic acids is 8. The Morgan fingerprint density at radius 2 is 0.603 bits per heavy atom. The van der Waals surface area contributed by atoms with Crippen LogP contribution in [0, 0.1) is 0 Å². The lowest BCUT2D eigenvalue weighted by molar-refractivity contribution is -0.130. The van der Waals surface area contributed by atoms with Crippen molar-refractivity contribution < 1.29 is 38.4 Å². The molecule has 17 N–H and O–H groups in total. The predicted octanol–water partition coefficient (Wildman–Crippen LogP) is 1.54. The summed E-state index contributed by atoms with van der Waals surface area (Å²) in [5, 5.41) is 19.5. The summed E-state index contributed by atoms with van der Waals surface area (Å²) >= 11 is 0. The first kappa shape index (κ1) is 63.6. The van der Waals surface area contributed by atoms with Crippen LogP contribution in [-0.2, 0) is 38.4 Å². The van der Waals surface area contributed by atoms with Gasteiger partial charge in [-0.05, 0) is 129 Å². The minimum atomic E-state index is -0.822. The molecule has 0 aromatic rings. The summed E-state index contributed by atoms with van der Waals surface area (Å²) in [5.74, 6) is -2.96. The van der Waals surface area contributed by atoms with E-state index in [1.165, 1.54) is 38.5 Å². The maximum Gasteiger partial charge on any atom is 0.242 e. The van der Waals surface area contributed by atoms with Gasteiger partial charge in [-0.3, -0.25) is 38.4 Å². The fraction of sp³-hybridized carbons (Fsp3) is 0.833. The Morgan fingerprint density at radius 1 is 0.338 bits per heavy atom. The van der Waals surface area contributed by atoms with E-state index in [0.717, 1.165) is 25.7 Å². The van der Waals surface area contributed by atoms with E-state index in [-0.39, 0.29) is 74.9 Å². The van der Waals surface area contributed by atoms with Gasteiger partial charge >= 0.3 is 0 Å². The molecular formula is C48H94N12O8. The third-order valence-corrected chi connectivity index (χ3v) is 11.6. The van der Waals surface area contributed by atoms with Gasteiger partial charge in [-0.25, -0.2) is 0 Å². The SMILES string of the molecule is CCCCCCCCCCCC(=O)N[C@@H](CCCCN)C(=O)NCCCC(=O)N[C@@H](CCCCN)C(=O)NCCCC(=O)N[C@@H](CCCCN)C(=O)NCCCC(=O)N[C@@H](CCCCN)C(N)=O. The zero-order chi connectivity index (χ0) is 50.6. The zero-order valence-electron chi connectivity index (χ0n) is 41.7. The Kier molecular flexibility index (Phi) is 41.0. The van der Waals surface area contributed by atoms with E-state index in [4.69, 9.17) is 28.7 Å². The van der Waals surface area contributed by atoms with Gasteiger partial charge in [0.05, 0.1) is 0 Å². The van der Waals surface area contributed by atoms with Gasteiger partial charge < -0.3 is 65.9 Å². The molecule has 4 atom stereocenters. The van der Waals surface area contributed by atoms with Crippen LogP contribution in [0.4, 0.5) is 0 Å². The third kappa shape index (κ3) is 35.7. The van der Waals surface area contributed by atoms with Crippen LogP contribution < -0.4 is 65.9 Å². The maximum atomic E-state index is 13.2. The van der Waals surface area contributed by atoms with E-state index in [0.29, 0.717) is 116 Å². The molecule has 68 heavy (non-hydrogen) atoms. The normalized spacial score (nSPS) is 12.8. The second-order valence-corrected chi connectivity index (χ2v) is 17.8. The van der Waals surface area contributed by atoms with Crippen molar-refractivity contribution in [3.05, 3.63) is 0 Å². The number of nitrogens with two attached hydrogens (primary N) is 5. The van der Waals surface area contributed by atoms with E-state index in [1.807, 2.05) is 0 Å². The topological polar surface area (TPSA) is 351 Å². The van der Waals surface area contributed by atoms with Gasteiger partial charge in [0, 0.05) is 45.3 Å². The first-order chi connectivity index (χ1) is 32.8.